The number of nitrogens with one attached hydrogen (secondary N) is 1. The van der Waals surface area contributed by atoms with E-state index in [2.05, 4.69) is 10.2 Å². The number of rotatable bonds is 2. The van der Waals surface area contributed by atoms with Crippen LogP contribution in [0.25, 0.3) is 0 Å². The van der Waals surface area contributed by atoms with E-state index in [1.54, 1.807) is 6.92 Å². The summed E-state index contributed by atoms with van der Waals surface area (Å²) in [6.45, 7) is 1.65. The summed E-state index contributed by atoms with van der Waals surface area (Å²) in [6.07, 6.45) is 3.00. The van der Waals surface area contributed by atoms with Gasteiger partial charge in [0.05, 0.1) is 17.8 Å². The molecule has 0 unspecified atom stereocenters. The van der Waals surface area contributed by atoms with Crippen molar-refractivity contribution in [3.63, 3.8) is 0 Å². The highest BCUT2D eigenvalue weighted by molar-refractivity contribution is 5.99. The van der Waals surface area contributed by atoms with Crippen molar-refractivity contribution in [2.45, 2.75) is 13.0 Å². The number of aromatic nitrogens is 2. The number of hydrogen-bond acceptors (Lipinski definition) is 3. The van der Waals surface area contributed by atoms with Crippen LogP contribution < -0.4 is 5.73 Å². The van der Waals surface area contributed by atoms with Crippen molar-refractivity contribution >= 4 is 5.78 Å². The van der Waals surface area contributed by atoms with Crippen molar-refractivity contribution in [3.05, 3.63) is 18.0 Å². The molecule has 1 heterocycles. The number of carbonyl (C=O) groups excluding carboxylic acids is 1. The fraction of sp³-hybridized carbons (Fsp3) is 0.333. The van der Waals surface area contributed by atoms with Crippen LogP contribution in [0.1, 0.15) is 17.3 Å². The van der Waals surface area contributed by atoms with Gasteiger partial charge in [-0.05, 0) is 6.92 Å². The maximum atomic E-state index is 11.0. The van der Waals surface area contributed by atoms with Crippen molar-refractivity contribution in [1.82, 2.24) is 10.2 Å². The smallest absolute Gasteiger partial charge is 0.182 e. The van der Waals surface area contributed by atoms with E-state index in [4.69, 9.17) is 5.73 Å². The number of nitrogens with zero attached hydrogens (tertiary/aromatic N) is 1. The molecule has 1 aromatic rings. The SMILES string of the molecule is C[C@H](N)C(=O)c1cn[nH]c1. The molecule has 1 rings (SSSR count). The first-order chi connectivity index (χ1) is 4.72. The molecule has 4 nitrogen and oxygen atoms in total. The van der Waals surface area contributed by atoms with Gasteiger partial charge in [-0.15, -0.1) is 0 Å². The zero-order valence-corrected chi connectivity index (χ0v) is 5.66. The maximum Gasteiger partial charge on any atom is 0.182 e. The number of hydrogen-bond donors (Lipinski definition) is 2. The second kappa shape index (κ2) is 2.62. The molecular formula is C6H9N3O. The zero-order valence-electron chi connectivity index (χ0n) is 5.66. The largest absolute Gasteiger partial charge is 0.321 e. The Morgan fingerprint density at radius 1 is 1.90 bits per heavy atom. The Bertz CT molecular complexity index is 215. The van der Waals surface area contributed by atoms with E-state index in [0.29, 0.717) is 5.56 Å². The molecule has 0 bridgehead atoms. The van der Waals surface area contributed by atoms with E-state index in [9.17, 15) is 4.79 Å². The Labute approximate surface area is 58.4 Å². The molecule has 0 radical (unpaired) electrons. The summed E-state index contributed by atoms with van der Waals surface area (Å²) in [5.41, 5.74) is 5.87. The fourth-order valence-electron chi connectivity index (χ4n) is 0.649. The van der Waals surface area contributed by atoms with Crippen LogP contribution >= 0.6 is 0 Å². The van der Waals surface area contributed by atoms with Gasteiger partial charge in [0.15, 0.2) is 5.78 Å². The third kappa shape index (κ3) is 1.22. The van der Waals surface area contributed by atoms with Crippen LogP contribution in [0.4, 0.5) is 0 Å². The lowest BCUT2D eigenvalue weighted by Crippen LogP contribution is -2.26. The molecular weight excluding hydrogens is 130 g/mol. The number of carbonyl (C=O) groups is 1. The molecule has 1 aromatic heterocycles. The summed E-state index contributed by atoms with van der Waals surface area (Å²) in [4.78, 5) is 11.0. The molecule has 0 amide bonds. The maximum absolute atomic E-state index is 11.0. The lowest BCUT2D eigenvalue weighted by molar-refractivity contribution is 0.0968. The van der Waals surface area contributed by atoms with E-state index in [1.807, 2.05) is 0 Å². The standard InChI is InChI=1S/C6H9N3O/c1-4(7)6(10)5-2-8-9-3-5/h2-4H,7H2,1H3,(H,8,9)/t4-/m0/s1. The molecule has 0 saturated heterocycles. The van der Waals surface area contributed by atoms with Gasteiger partial charge in [0.2, 0.25) is 0 Å². The average Bonchev–Trinajstić information content (AvgIpc) is 2.36. The summed E-state index contributed by atoms with van der Waals surface area (Å²) < 4.78 is 0. The first-order valence-corrected chi connectivity index (χ1v) is 3.00. The van der Waals surface area contributed by atoms with Crippen LogP contribution in [-0.4, -0.2) is 22.0 Å². The third-order valence-electron chi connectivity index (χ3n) is 1.20. The minimum absolute atomic E-state index is 0.0891. The summed E-state index contributed by atoms with van der Waals surface area (Å²) in [5.74, 6) is -0.0891. The fourth-order valence-corrected chi connectivity index (χ4v) is 0.649. The molecule has 0 saturated carbocycles. The quantitative estimate of drug-likeness (QED) is 0.564. The van der Waals surface area contributed by atoms with Crippen LogP contribution in [0.5, 0.6) is 0 Å². The molecule has 0 aliphatic carbocycles. The van der Waals surface area contributed by atoms with Gasteiger partial charge in [0.25, 0.3) is 0 Å². The highest BCUT2D eigenvalue weighted by Crippen LogP contribution is 1.97. The van der Waals surface area contributed by atoms with Crippen molar-refractivity contribution < 1.29 is 4.79 Å². The topological polar surface area (TPSA) is 71.8 Å². The minimum atomic E-state index is -0.447. The Hall–Kier alpha value is -1.16. The number of nitrogens with two attached hydrogens (primary N) is 1. The predicted molar refractivity (Wildman–Crippen MR) is 36.6 cm³/mol. The zero-order chi connectivity index (χ0) is 7.56. The molecule has 10 heavy (non-hydrogen) atoms. The monoisotopic (exact) mass is 139 g/mol. The predicted octanol–water partition coefficient (Wildman–Crippen LogP) is -0.0604. The van der Waals surface area contributed by atoms with Crippen LogP contribution in [0, 0.1) is 0 Å². The molecule has 0 aliphatic rings. The Kier molecular flexibility index (Phi) is 1.82. The van der Waals surface area contributed by atoms with Gasteiger partial charge in [0.1, 0.15) is 0 Å². The van der Waals surface area contributed by atoms with Gasteiger partial charge >= 0.3 is 0 Å². The second-order valence-corrected chi connectivity index (χ2v) is 2.14. The van der Waals surface area contributed by atoms with Gasteiger partial charge < -0.3 is 5.73 Å². The van der Waals surface area contributed by atoms with Crippen LogP contribution in [0.3, 0.4) is 0 Å². The normalized spacial score (nSPS) is 13.0. The van der Waals surface area contributed by atoms with Crippen LogP contribution in [-0.2, 0) is 0 Å². The minimum Gasteiger partial charge on any atom is -0.321 e. The lowest BCUT2D eigenvalue weighted by atomic mass is 10.1. The van der Waals surface area contributed by atoms with Crippen LogP contribution in [0.2, 0.25) is 0 Å². The first kappa shape index (κ1) is 6.95. The average molecular weight is 139 g/mol. The Morgan fingerprint density at radius 3 is 3.00 bits per heavy atom. The summed E-state index contributed by atoms with van der Waals surface area (Å²) >= 11 is 0. The molecule has 0 aromatic carbocycles. The number of Topliss-reactive ketones (excluding diaryl/α,β-unsaturated/α-hetero) is 1. The summed E-state index contributed by atoms with van der Waals surface area (Å²) in [5, 5.41) is 6.16. The molecule has 4 heteroatoms. The van der Waals surface area contributed by atoms with Gasteiger partial charge in [-0.2, -0.15) is 5.10 Å². The summed E-state index contributed by atoms with van der Waals surface area (Å²) in [7, 11) is 0. The molecule has 1 atom stereocenters. The molecule has 0 fully saturated rings. The van der Waals surface area contributed by atoms with E-state index >= 15 is 0 Å². The number of H-pyrrole nitrogens is 1. The van der Waals surface area contributed by atoms with Gasteiger partial charge in [-0.25, -0.2) is 0 Å². The highest BCUT2D eigenvalue weighted by atomic mass is 16.1. The summed E-state index contributed by atoms with van der Waals surface area (Å²) in [6, 6.07) is -0.447. The van der Waals surface area contributed by atoms with E-state index < -0.39 is 6.04 Å². The van der Waals surface area contributed by atoms with Crippen molar-refractivity contribution in [2.75, 3.05) is 0 Å². The van der Waals surface area contributed by atoms with Crippen molar-refractivity contribution in [2.24, 2.45) is 5.73 Å². The molecule has 3 N–H and O–H groups in total. The van der Waals surface area contributed by atoms with E-state index in [1.165, 1.54) is 12.4 Å². The molecule has 0 spiro atoms. The Balaban J connectivity index is 2.78. The lowest BCUT2D eigenvalue weighted by Gasteiger charge is -1.98. The number of aromatic amines is 1. The number of ketones is 1. The molecule has 0 aliphatic heterocycles. The Morgan fingerprint density at radius 2 is 2.60 bits per heavy atom. The third-order valence-corrected chi connectivity index (χ3v) is 1.20. The molecule has 54 valence electrons. The van der Waals surface area contributed by atoms with Crippen molar-refractivity contribution in [1.29, 1.82) is 0 Å². The van der Waals surface area contributed by atoms with Crippen molar-refractivity contribution in [3.8, 4) is 0 Å². The van der Waals surface area contributed by atoms with Gasteiger partial charge in [-0.1, -0.05) is 0 Å². The second-order valence-electron chi connectivity index (χ2n) is 2.14. The highest BCUT2D eigenvalue weighted by Gasteiger charge is 2.10. The van der Waals surface area contributed by atoms with E-state index in [0.717, 1.165) is 0 Å². The van der Waals surface area contributed by atoms with Gasteiger partial charge in [-0.3, -0.25) is 9.89 Å². The van der Waals surface area contributed by atoms with Crippen LogP contribution in [0.15, 0.2) is 12.4 Å². The van der Waals surface area contributed by atoms with Gasteiger partial charge in [0, 0.05) is 6.20 Å². The van der Waals surface area contributed by atoms with E-state index in [-0.39, 0.29) is 5.78 Å². The first-order valence-electron chi connectivity index (χ1n) is 3.00.